The van der Waals surface area contributed by atoms with Gasteiger partial charge in [-0.25, -0.2) is 4.79 Å². The average Bonchev–Trinajstić information content (AvgIpc) is 2.91. The molecule has 38 heavy (non-hydrogen) atoms. The number of carbonyl (C=O) groups excluding carboxylic acids is 1. The molecule has 3 aromatic rings. The van der Waals surface area contributed by atoms with E-state index in [1.165, 1.54) is 6.07 Å². The minimum atomic E-state index is -1.48. The Morgan fingerprint density at radius 1 is 0.947 bits per heavy atom. The summed E-state index contributed by atoms with van der Waals surface area (Å²) in [5, 5.41) is 55.4. The number of anilines is 1. The van der Waals surface area contributed by atoms with Gasteiger partial charge in [-0.05, 0) is 41.8 Å². The molecule has 1 saturated heterocycles. The molecule has 0 spiro atoms. The lowest BCUT2D eigenvalue weighted by atomic mass is 9.98. The van der Waals surface area contributed by atoms with Crippen molar-refractivity contribution in [2.75, 3.05) is 11.9 Å². The lowest BCUT2D eigenvalue weighted by Crippen LogP contribution is -2.55. The second kappa shape index (κ2) is 12.5. The van der Waals surface area contributed by atoms with Crippen LogP contribution in [-0.4, -0.2) is 67.2 Å². The molecule has 0 bridgehead atoms. The van der Waals surface area contributed by atoms with Crippen LogP contribution < -0.4 is 15.4 Å². The van der Waals surface area contributed by atoms with Crippen molar-refractivity contribution in [1.29, 1.82) is 0 Å². The first kappa shape index (κ1) is 27.7. The number of phenols is 1. The average molecular weight is 541 g/mol. The lowest BCUT2D eigenvalue weighted by molar-refractivity contribution is -0.0910. The number of carbonyl (C=O) groups is 1. The Morgan fingerprint density at radius 3 is 2.34 bits per heavy atom. The number of rotatable bonds is 8. The van der Waals surface area contributed by atoms with Gasteiger partial charge in [-0.1, -0.05) is 42.5 Å². The topological polar surface area (TPSA) is 152 Å². The summed E-state index contributed by atoms with van der Waals surface area (Å²) in [6.07, 6.45) is -3.74. The quantitative estimate of drug-likeness (QED) is 0.230. The number of ether oxygens (including phenoxy) is 1. The monoisotopic (exact) mass is 540 g/mol. The van der Waals surface area contributed by atoms with Gasteiger partial charge in [-0.2, -0.15) is 0 Å². The summed E-state index contributed by atoms with van der Waals surface area (Å²) in [4.78, 5) is 12.3. The number of hydrogen-bond donors (Lipinski definition) is 7. The number of benzene rings is 3. The smallest absolute Gasteiger partial charge is 0.319 e. The highest BCUT2D eigenvalue weighted by atomic mass is 32.2. The van der Waals surface area contributed by atoms with E-state index in [1.807, 2.05) is 49.4 Å². The molecule has 0 radical (unpaired) electrons. The minimum Gasteiger partial charge on any atom is -0.508 e. The van der Waals surface area contributed by atoms with Crippen LogP contribution in [0.5, 0.6) is 11.5 Å². The summed E-state index contributed by atoms with van der Waals surface area (Å²) >= 11 is 1.02. The van der Waals surface area contributed by atoms with E-state index in [0.29, 0.717) is 24.4 Å². The Hall–Kier alpha value is -3.28. The maximum absolute atomic E-state index is 12.3. The van der Waals surface area contributed by atoms with Gasteiger partial charge in [-0.3, -0.25) is 0 Å². The molecule has 1 aliphatic heterocycles. The molecule has 0 aliphatic carbocycles. The number of amides is 2. The molecule has 202 valence electrons. The van der Waals surface area contributed by atoms with E-state index in [-0.39, 0.29) is 11.8 Å². The highest BCUT2D eigenvalue weighted by Crippen LogP contribution is 2.37. The highest BCUT2D eigenvalue weighted by Gasteiger charge is 2.44. The molecular weight excluding hydrogens is 508 g/mol. The predicted octanol–water partition coefficient (Wildman–Crippen LogP) is 2.51. The van der Waals surface area contributed by atoms with E-state index >= 15 is 0 Å². The third-order valence-electron chi connectivity index (χ3n) is 6.40. The van der Waals surface area contributed by atoms with Crippen LogP contribution in [0.1, 0.15) is 22.3 Å². The number of aliphatic hydroxyl groups excluding tert-OH is 4. The number of aliphatic hydroxyl groups is 4. The molecule has 5 atom stereocenters. The van der Waals surface area contributed by atoms with Gasteiger partial charge in [0.15, 0.2) is 5.44 Å². The molecule has 9 nitrogen and oxygen atoms in total. The normalized spacial score (nSPS) is 23.0. The third-order valence-corrected chi connectivity index (χ3v) is 7.82. The molecule has 0 unspecified atom stereocenters. The standard InChI is InChI=1S/C28H32N2O7S/c1-16-11-20(32)13-22(37-27-26(35)25(34)24(33)23(15-31)38-27)21(16)12-17-7-9-19(10-8-17)30-28(36)29-14-18-5-3-2-4-6-18/h2-11,13,23-27,31-35H,12,14-15H2,1H3,(H2,29,30,36)/t23-,24-,25+,26-,27-/m1/s1. The molecule has 1 heterocycles. The zero-order valence-electron chi connectivity index (χ0n) is 20.8. The molecule has 10 heteroatoms. The van der Waals surface area contributed by atoms with Gasteiger partial charge in [0.2, 0.25) is 0 Å². The molecule has 1 aliphatic rings. The first-order valence-corrected chi connectivity index (χ1v) is 13.2. The molecule has 4 rings (SSSR count). The fraction of sp³-hybridized carbons (Fsp3) is 0.321. The molecule has 0 aromatic heterocycles. The molecule has 0 saturated carbocycles. The number of phenolic OH excluding ortho intramolecular Hbond substituents is 1. The van der Waals surface area contributed by atoms with Crippen LogP contribution in [0.2, 0.25) is 0 Å². The van der Waals surface area contributed by atoms with Crippen molar-refractivity contribution in [3.8, 4) is 11.5 Å². The maximum atomic E-state index is 12.3. The molecule has 2 amide bonds. The van der Waals surface area contributed by atoms with Crippen molar-refractivity contribution in [1.82, 2.24) is 5.32 Å². The molecular formula is C28H32N2O7S. The number of aromatic hydroxyl groups is 1. The van der Waals surface area contributed by atoms with Crippen LogP contribution in [0.3, 0.4) is 0 Å². The van der Waals surface area contributed by atoms with E-state index in [2.05, 4.69) is 10.6 Å². The van der Waals surface area contributed by atoms with Crippen LogP contribution in [0, 0.1) is 6.92 Å². The minimum absolute atomic E-state index is 0.0168. The Kier molecular flexibility index (Phi) is 9.13. The second-order valence-electron chi connectivity index (χ2n) is 9.22. The van der Waals surface area contributed by atoms with Gasteiger partial charge in [0.25, 0.3) is 0 Å². The van der Waals surface area contributed by atoms with Gasteiger partial charge in [-0.15, -0.1) is 11.8 Å². The van der Waals surface area contributed by atoms with Crippen LogP contribution in [0.25, 0.3) is 0 Å². The second-order valence-corrected chi connectivity index (χ2v) is 10.6. The molecule has 7 N–H and O–H groups in total. The van der Waals surface area contributed by atoms with Crippen molar-refractivity contribution >= 4 is 23.5 Å². The van der Waals surface area contributed by atoms with Crippen LogP contribution in [0.4, 0.5) is 10.5 Å². The Labute approximate surface area is 225 Å². The number of urea groups is 1. The summed E-state index contributed by atoms with van der Waals surface area (Å²) in [5.74, 6) is 0.304. The van der Waals surface area contributed by atoms with Crippen molar-refractivity contribution < 1.29 is 35.1 Å². The highest BCUT2D eigenvalue weighted by molar-refractivity contribution is 8.00. The zero-order valence-corrected chi connectivity index (χ0v) is 21.6. The number of thioether (sulfide) groups is 1. The number of nitrogens with one attached hydrogen (secondary N) is 2. The Balaban J connectivity index is 1.43. The van der Waals surface area contributed by atoms with E-state index in [1.54, 1.807) is 18.2 Å². The van der Waals surface area contributed by atoms with Crippen molar-refractivity contribution in [2.45, 2.75) is 48.9 Å². The van der Waals surface area contributed by atoms with Crippen molar-refractivity contribution in [2.24, 2.45) is 0 Å². The summed E-state index contributed by atoms with van der Waals surface area (Å²) in [5.41, 5.74) is 3.10. The van der Waals surface area contributed by atoms with Gasteiger partial charge in [0, 0.05) is 30.3 Å². The summed E-state index contributed by atoms with van der Waals surface area (Å²) in [7, 11) is 0. The van der Waals surface area contributed by atoms with Crippen LogP contribution in [0.15, 0.2) is 66.7 Å². The van der Waals surface area contributed by atoms with Crippen LogP contribution in [-0.2, 0) is 13.0 Å². The summed E-state index contributed by atoms with van der Waals surface area (Å²) in [6, 6.07) is 19.7. The Morgan fingerprint density at radius 2 is 1.66 bits per heavy atom. The van der Waals surface area contributed by atoms with Gasteiger partial charge in [0.05, 0.1) is 18.0 Å². The largest absolute Gasteiger partial charge is 0.508 e. The summed E-state index contributed by atoms with van der Waals surface area (Å²) < 4.78 is 6.03. The van der Waals surface area contributed by atoms with Crippen LogP contribution >= 0.6 is 11.8 Å². The van der Waals surface area contributed by atoms with E-state index in [4.69, 9.17) is 4.74 Å². The molecule has 1 fully saturated rings. The van der Waals surface area contributed by atoms with E-state index < -0.39 is 35.6 Å². The predicted molar refractivity (Wildman–Crippen MR) is 145 cm³/mol. The Bertz CT molecular complexity index is 1220. The van der Waals surface area contributed by atoms with Crippen molar-refractivity contribution in [3.05, 3.63) is 89.0 Å². The van der Waals surface area contributed by atoms with E-state index in [0.717, 1.165) is 34.0 Å². The lowest BCUT2D eigenvalue weighted by Gasteiger charge is -2.39. The third kappa shape index (κ3) is 6.77. The summed E-state index contributed by atoms with van der Waals surface area (Å²) in [6.45, 7) is 1.84. The van der Waals surface area contributed by atoms with Gasteiger partial charge >= 0.3 is 6.03 Å². The number of hydrogen-bond acceptors (Lipinski definition) is 8. The molecule has 3 aromatic carbocycles. The fourth-order valence-corrected chi connectivity index (χ4v) is 5.49. The SMILES string of the molecule is Cc1cc(O)cc(O[C@@H]2S[C@H](CO)[C@@H](O)[C@H](O)[C@H]2O)c1Cc1ccc(NC(=O)NCc2ccccc2)cc1. The van der Waals surface area contributed by atoms with Gasteiger partial charge in [0.1, 0.15) is 23.7 Å². The van der Waals surface area contributed by atoms with Crippen molar-refractivity contribution in [3.63, 3.8) is 0 Å². The maximum Gasteiger partial charge on any atom is 0.319 e. The van der Waals surface area contributed by atoms with Gasteiger partial charge < -0.3 is 40.9 Å². The fourth-order valence-electron chi connectivity index (χ4n) is 4.25. The zero-order chi connectivity index (χ0) is 27.2. The number of aryl methyl sites for hydroxylation is 1. The first-order valence-electron chi connectivity index (χ1n) is 12.2. The van der Waals surface area contributed by atoms with E-state index in [9.17, 15) is 30.3 Å². The first-order chi connectivity index (χ1) is 18.2.